The van der Waals surface area contributed by atoms with Gasteiger partial charge in [0.25, 0.3) is 0 Å². The third kappa shape index (κ3) is 9.89. The van der Waals surface area contributed by atoms with Crippen LogP contribution >= 0.6 is 35.7 Å². The second kappa shape index (κ2) is 15.3. The highest BCUT2D eigenvalue weighted by atomic mass is 127. The van der Waals surface area contributed by atoms with Gasteiger partial charge in [-0.15, -0.1) is 24.0 Å². The maximum Gasteiger partial charge on any atom is 0.191 e. The maximum atomic E-state index is 5.65. The van der Waals surface area contributed by atoms with Crippen molar-refractivity contribution in [2.45, 2.75) is 51.1 Å². The van der Waals surface area contributed by atoms with Crippen LogP contribution in [0.1, 0.15) is 51.1 Å². The SMILES string of the molecule is CCNC(=NCC1(NC(C)c2ccccc2)CCOCC1)NCCCCSC.I. The monoisotopic (exact) mass is 534 g/mol. The summed E-state index contributed by atoms with van der Waals surface area (Å²) in [5.41, 5.74) is 1.30. The van der Waals surface area contributed by atoms with Crippen LogP contribution in [0.3, 0.4) is 0 Å². The summed E-state index contributed by atoms with van der Waals surface area (Å²) in [5, 5.41) is 10.8. The fraction of sp³-hybridized carbons (Fsp3) is 0.682. The van der Waals surface area contributed by atoms with Gasteiger partial charge in [0.05, 0.1) is 6.54 Å². The van der Waals surface area contributed by atoms with Crippen LogP contribution in [0.5, 0.6) is 0 Å². The van der Waals surface area contributed by atoms with Crippen LogP contribution < -0.4 is 16.0 Å². The summed E-state index contributed by atoms with van der Waals surface area (Å²) < 4.78 is 5.65. The molecule has 7 heteroatoms. The summed E-state index contributed by atoms with van der Waals surface area (Å²) in [4.78, 5) is 4.94. The molecule has 1 aliphatic rings. The molecule has 29 heavy (non-hydrogen) atoms. The number of thioether (sulfide) groups is 1. The van der Waals surface area contributed by atoms with E-state index in [-0.39, 0.29) is 35.6 Å². The average Bonchev–Trinajstić information content (AvgIpc) is 2.73. The Morgan fingerprint density at radius 2 is 1.90 bits per heavy atom. The number of nitrogens with zero attached hydrogens (tertiary/aromatic N) is 1. The van der Waals surface area contributed by atoms with Crippen LogP contribution in [0.4, 0.5) is 0 Å². The summed E-state index contributed by atoms with van der Waals surface area (Å²) in [6, 6.07) is 10.9. The lowest BCUT2D eigenvalue weighted by atomic mass is 9.88. The van der Waals surface area contributed by atoms with Crippen molar-refractivity contribution in [3.05, 3.63) is 35.9 Å². The Hall–Kier alpha value is -0.510. The Morgan fingerprint density at radius 3 is 2.55 bits per heavy atom. The van der Waals surface area contributed by atoms with Crippen molar-refractivity contribution in [1.29, 1.82) is 0 Å². The molecule has 1 unspecified atom stereocenters. The molecule has 2 rings (SSSR count). The lowest BCUT2D eigenvalue weighted by Crippen LogP contribution is -2.53. The molecule has 0 radical (unpaired) electrons. The second-order valence-corrected chi connectivity index (χ2v) is 8.48. The normalized spacial score (nSPS) is 17.3. The summed E-state index contributed by atoms with van der Waals surface area (Å²) in [6.07, 6.45) is 6.55. The molecule has 1 fully saturated rings. The topological polar surface area (TPSA) is 57.7 Å². The molecule has 1 aromatic rings. The van der Waals surface area contributed by atoms with E-state index in [0.29, 0.717) is 0 Å². The lowest BCUT2D eigenvalue weighted by Gasteiger charge is -2.39. The second-order valence-electron chi connectivity index (χ2n) is 7.49. The van der Waals surface area contributed by atoms with E-state index < -0.39 is 0 Å². The first-order valence-electron chi connectivity index (χ1n) is 10.6. The third-order valence-corrected chi connectivity index (χ3v) is 5.92. The molecule has 0 bridgehead atoms. The molecule has 0 saturated carbocycles. The molecule has 1 aromatic carbocycles. The zero-order valence-electron chi connectivity index (χ0n) is 18.2. The lowest BCUT2D eigenvalue weighted by molar-refractivity contribution is 0.0374. The van der Waals surface area contributed by atoms with E-state index in [0.717, 1.165) is 51.6 Å². The van der Waals surface area contributed by atoms with Gasteiger partial charge < -0.3 is 20.7 Å². The van der Waals surface area contributed by atoms with E-state index in [1.54, 1.807) is 0 Å². The van der Waals surface area contributed by atoms with E-state index in [4.69, 9.17) is 9.73 Å². The molecule has 0 spiro atoms. The van der Waals surface area contributed by atoms with Crippen LogP contribution in [0.15, 0.2) is 35.3 Å². The maximum absolute atomic E-state index is 5.65. The molecule has 166 valence electrons. The number of ether oxygens (including phenoxy) is 1. The zero-order valence-corrected chi connectivity index (χ0v) is 21.4. The Labute approximate surface area is 198 Å². The molecule has 0 aromatic heterocycles. The highest BCUT2D eigenvalue weighted by Crippen LogP contribution is 2.26. The number of nitrogens with one attached hydrogen (secondary N) is 3. The first-order chi connectivity index (χ1) is 13.7. The number of hydrogen-bond donors (Lipinski definition) is 3. The van der Waals surface area contributed by atoms with Crippen molar-refractivity contribution in [2.24, 2.45) is 4.99 Å². The number of unbranched alkanes of at least 4 members (excludes halogenated alkanes) is 1. The molecule has 1 aliphatic heterocycles. The van der Waals surface area contributed by atoms with Crippen LogP contribution in [0.2, 0.25) is 0 Å². The molecule has 3 N–H and O–H groups in total. The fourth-order valence-corrected chi connectivity index (χ4v) is 4.04. The standard InChI is InChI=1S/C22H38N4OS.HI/c1-4-23-21(24-14-8-9-17-28-3)25-18-22(12-15-27-16-13-22)26-19(2)20-10-6-5-7-11-20;/h5-7,10-11,19,26H,4,8-9,12-18H2,1-3H3,(H2,23,24,25);1H. The summed E-state index contributed by atoms with van der Waals surface area (Å²) in [7, 11) is 0. The molecule has 0 amide bonds. The van der Waals surface area contributed by atoms with E-state index in [1.165, 1.54) is 24.2 Å². The van der Waals surface area contributed by atoms with Gasteiger partial charge in [-0.05, 0) is 57.1 Å². The highest BCUT2D eigenvalue weighted by molar-refractivity contribution is 14.0. The van der Waals surface area contributed by atoms with Gasteiger partial charge in [-0.2, -0.15) is 11.8 Å². The Balaban J connectivity index is 0.00000420. The number of halogens is 1. The van der Waals surface area contributed by atoms with Crippen molar-refractivity contribution in [1.82, 2.24) is 16.0 Å². The van der Waals surface area contributed by atoms with Crippen LogP contribution in [-0.2, 0) is 4.74 Å². The van der Waals surface area contributed by atoms with E-state index >= 15 is 0 Å². The molecular weight excluding hydrogens is 495 g/mol. The first-order valence-corrected chi connectivity index (χ1v) is 12.0. The third-order valence-electron chi connectivity index (χ3n) is 5.22. The van der Waals surface area contributed by atoms with Gasteiger partial charge in [-0.1, -0.05) is 30.3 Å². The van der Waals surface area contributed by atoms with Gasteiger partial charge >= 0.3 is 0 Å². The minimum atomic E-state index is -0.0191. The fourth-order valence-electron chi connectivity index (χ4n) is 3.54. The van der Waals surface area contributed by atoms with Gasteiger partial charge in [-0.25, -0.2) is 0 Å². The number of guanidine groups is 1. The molecule has 1 saturated heterocycles. The van der Waals surface area contributed by atoms with Gasteiger partial charge in [0.1, 0.15) is 0 Å². The van der Waals surface area contributed by atoms with Crippen molar-refractivity contribution < 1.29 is 4.74 Å². The molecule has 1 atom stereocenters. The summed E-state index contributed by atoms with van der Waals surface area (Å²) in [5.74, 6) is 2.14. The van der Waals surface area contributed by atoms with Gasteiger partial charge in [-0.3, -0.25) is 4.99 Å². The predicted molar refractivity (Wildman–Crippen MR) is 138 cm³/mol. The van der Waals surface area contributed by atoms with Gasteiger partial charge in [0.15, 0.2) is 5.96 Å². The molecule has 0 aliphatic carbocycles. The largest absolute Gasteiger partial charge is 0.381 e. The average molecular weight is 535 g/mol. The van der Waals surface area contributed by atoms with Crippen LogP contribution in [0, 0.1) is 0 Å². The number of rotatable bonds is 11. The summed E-state index contributed by atoms with van der Waals surface area (Å²) >= 11 is 1.91. The van der Waals surface area contributed by atoms with Crippen LogP contribution in [0.25, 0.3) is 0 Å². The molecular formula is C22H39IN4OS. The van der Waals surface area contributed by atoms with E-state index in [2.05, 4.69) is 66.4 Å². The quantitative estimate of drug-likeness (QED) is 0.172. The minimum Gasteiger partial charge on any atom is -0.381 e. The van der Waals surface area contributed by atoms with E-state index in [9.17, 15) is 0 Å². The summed E-state index contributed by atoms with van der Waals surface area (Å²) in [6.45, 7) is 8.55. The zero-order chi connectivity index (χ0) is 20.1. The van der Waals surface area contributed by atoms with Crippen molar-refractivity contribution in [3.8, 4) is 0 Å². The smallest absolute Gasteiger partial charge is 0.191 e. The highest BCUT2D eigenvalue weighted by Gasteiger charge is 2.34. The number of benzene rings is 1. The van der Waals surface area contributed by atoms with Crippen molar-refractivity contribution in [2.75, 3.05) is 44.9 Å². The first kappa shape index (κ1) is 26.5. The van der Waals surface area contributed by atoms with Crippen molar-refractivity contribution >= 4 is 41.7 Å². The molecule has 5 nitrogen and oxygen atoms in total. The Morgan fingerprint density at radius 1 is 1.17 bits per heavy atom. The van der Waals surface area contributed by atoms with Gasteiger partial charge in [0.2, 0.25) is 0 Å². The molecule has 1 heterocycles. The Bertz CT molecular complexity index is 567. The van der Waals surface area contributed by atoms with Gasteiger partial charge in [0, 0.05) is 37.9 Å². The number of aliphatic imine (C=N–C) groups is 1. The minimum absolute atomic E-state index is 0. The Kier molecular flexibility index (Phi) is 14.0. The number of hydrogen-bond acceptors (Lipinski definition) is 4. The van der Waals surface area contributed by atoms with E-state index in [1.807, 2.05) is 11.8 Å². The predicted octanol–water partition coefficient (Wildman–Crippen LogP) is 4.20. The van der Waals surface area contributed by atoms with Crippen LogP contribution in [-0.4, -0.2) is 56.4 Å². The van der Waals surface area contributed by atoms with Crippen molar-refractivity contribution in [3.63, 3.8) is 0 Å².